The average Bonchev–Trinajstić information content (AvgIpc) is 2.22. The summed E-state index contributed by atoms with van der Waals surface area (Å²) in [6, 6.07) is 5.31. The highest BCUT2D eigenvalue weighted by Gasteiger charge is 2.27. The van der Waals surface area contributed by atoms with Crippen LogP contribution in [0.3, 0.4) is 0 Å². The van der Waals surface area contributed by atoms with Crippen LogP contribution in [-0.2, 0) is 6.42 Å². The fraction of sp³-hybridized carbons (Fsp3) is 0.467. The maximum atomic E-state index is 13.5. The molecule has 1 aromatic rings. The molecule has 2 rings (SSSR count). The number of rotatable bonds is 2. The molecule has 1 aliphatic rings. The van der Waals surface area contributed by atoms with Crippen molar-refractivity contribution in [2.45, 2.75) is 39.2 Å². The lowest BCUT2D eigenvalue weighted by atomic mass is 9.74. The van der Waals surface area contributed by atoms with E-state index in [1.165, 1.54) is 11.6 Å². The van der Waals surface area contributed by atoms with Gasteiger partial charge in [-0.1, -0.05) is 37.6 Å². The summed E-state index contributed by atoms with van der Waals surface area (Å²) in [6.45, 7) is 4.47. The van der Waals surface area contributed by atoms with Crippen LogP contribution >= 0.6 is 15.9 Å². The zero-order chi connectivity index (χ0) is 13.3. The van der Waals surface area contributed by atoms with E-state index in [2.05, 4.69) is 35.9 Å². The van der Waals surface area contributed by atoms with Gasteiger partial charge in [0.1, 0.15) is 5.82 Å². The molecule has 0 aliphatic heterocycles. The number of benzene rings is 1. The second kappa shape index (κ2) is 5.14. The molecule has 0 aromatic heterocycles. The summed E-state index contributed by atoms with van der Waals surface area (Å²) in [4.78, 5) is 0. The summed E-state index contributed by atoms with van der Waals surface area (Å²) in [5.41, 5.74) is 8.60. The molecule has 1 aromatic carbocycles. The number of allylic oxidation sites excluding steroid dienone is 1. The minimum Gasteiger partial charge on any atom is -0.324 e. The molecule has 0 bridgehead atoms. The van der Waals surface area contributed by atoms with Crippen molar-refractivity contribution >= 4 is 15.9 Å². The van der Waals surface area contributed by atoms with Gasteiger partial charge in [-0.3, -0.25) is 0 Å². The molecule has 1 atom stereocenters. The molecule has 0 amide bonds. The van der Waals surface area contributed by atoms with E-state index in [4.69, 9.17) is 5.73 Å². The molecule has 1 nitrogen and oxygen atoms in total. The maximum Gasteiger partial charge on any atom is 0.137 e. The molecule has 18 heavy (non-hydrogen) atoms. The smallest absolute Gasteiger partial charge is 0.137 e. The van der Waals surface area contributed by atoms with Crippen molar-refractivity contribution in [1.82, 2.24) is 0 Å². The first-order valence-corrected chi connectivity index (χ1v) is 7.05. The maximum absolute atomic E-state index is 13.5. The molecule has 0 saturated heterocycles. The topological polar surface area (TPSA) is 26.0 Å². The molecule has 1 unspecified atom stereocenters. The Balaban J connectivity index is 2.21. The number of hydrogen-bond acceptors (Lipinski definition) is 1. The second-order valence-corrected chi connectivity index (χ2v) is 6.72. The third-order valence-electron chi connectivity index (χ3n) is 3.39. The Bertz CT molecular complexity index is 479. The summed E-state index contributed by atoms with van der Waals surface area (Å²) >= 11 is 3.32. The van der Waals surface area contributed by atoms with Crippen molar-refractivity contribution in [3.8, 4) is 0 Å². The van der Waals surface area contributed by atoms with Crippen LogP contribution in [0.25, 0.3) is 0 Å². The van der Waals surface area contributed by atoms with E-state index in [-0.39, 0.29) is 17.3 Å². The lowest BCUT2D eigenvalue weighted by molar-refractivity contribution is 0.299. The first-order valence-electron chi connectivity index (χ1n) is 6.25. The normalized spacial score (nSPS) is 22.7. The largest absolute Gasteiger partial charge is 0.324 e. The van der Waals surface area contributed by atoms with Gasteiger partial charge in [0, 0.05) is 6.04 Å². The number of hydrogen-bond donors (Lipinski definition) is 1. The monoisotopic (exact) mass is 311 g/mol. The Labute approximate surface area is 116 Å². The van der Waals surface area contributed by atoms with Crippen LogP contribution in [0.5, 0.6) is 0 Å². The Morgan fingerprint density at radius 2 is 2.17 bits per heavy atom. The third-order valence-corrected chi connectivity index (χ3v) is 4.28. The van der Waals surface area contributed by atoms with Gasteiger partial charge in [0.05, 0.1) is 4.47 Å². The fourth-order valence-corrected chi connectivity index (χ4v) is 3.20. The zero-order valence-corrected chi connectivity index (χ0v) is 12.4. The van der Waals surface area contributed by atoms with Gasteiger partial charge >= 0.3 is 0 Å². The molecule has 0 radical (unpaired) electrons. The Morgan fingerprint density at radius 3 is 2.83 bits per heavy atom. The van der Waals surface area contributed by atoms with Crippen LogP contribution in [0.4, 0.5) is 4.39 Å². The van der Waals surface area contributed by atoms with E-state index in [9.17, 15) is 4.39 Å². The molecule has 0 saturated carbocycles. The second-order valence-electron chi connectivity index (χ2n) is 5.92. The predicted molar refractivity (Wildman–Crippen MR) is 76.9 cm³/mol. The van der Waals surface area contributed by atoms with Gasteiger partial charge < -0.3 is 5.73 Å². The van der Waals surface area contributed by atoms with Crippen molar-refractivity contribution in [3.63, 3.8) is 0 Å². The highest BCUT2D eigenvalue weighted by atomic mass is 79.9. The summed E-state index contributed by atoms with van der Waals surface area (Å²) in [6.07, 6.45) is 4.96. The van der Waals surface area contributed by atoms with Gasteiger partial charge in [0.25, 0.3) is 0 Å². The Hall–Kier alpha value is -0.670. The summed E-state index contributed by atoms with van der Waals surface area (Å²) in [5, 5.41) is 0. The van der Waals surface area contributed by atoms with Crippen molar-refractivity contribution in [1.29, 1.82) is 0 Å². The van der Waals surface area contributed by atoms with Gasteiger partial charge in [-0.05, 0) is 52.2 Å². The molecular formula is C15H19BrFN. The number of nitrogens with two attached hydrogens (primary N) is 1. The van der Waals surface area contributed by atoms with Crippen LogP contribution in [0.15, 0.2) is 34.3 Å². The third kappa shape index (κ3) is 3.21. The van der Waals surface area contributed by atoms with E-state index < -0.39 is 0 Å². The van der Waals surface area contributed by atoms with Crippen molar-refractivity contribution < 1.29 is 4.39 Å². The highest BCUT2D eigenvalue weighted by molar-refractivity contribution is 9.10. The lowest BCUT2D eigenvalue weighted by Crippen LogP contribution is -2.31. The van der Waals surface area contributed by atoms with Gasteiger partial charge in [0.15, 0.2) is 0 Å². The van der Waals surface area contributed by atoms with Crippen LogP contribution in [0.1, 0.15) is 32.3 Å². The Morgan fingerprint density at radius 1 is 1.44 bits per heavy atom. The van der Waals surface area contributed by atoms with E-state index >= 15 is 0 Å². The predicted octanol–water partition coefficient (Wildman–Crippen LogP) is 4.20. The van der Waals surface area contributed by atoms with E-state index in [0.29, 0.717) is 4.47 Å². The minimum atomic E-state index is -0.201. The van der Waals surface area contributed by atoms with Gasteiger partial charge in [-0.15, -0.1) is 0 Å². The molecule has 98 valence electrons. The summed E-state index contributed by atoms with van der Waals surface area (Å²) in [5.74, 6) is -0.201. The lowest BCUT2D eigenvalue weighted by Gasteiger charge is -2.33. The first kappa shape index (κ1) is 13.8. The van der Waals surface area contributed by atoms with Crippen LogP contribution < -0.4 is 5.73 Å². The van der Waals surface area contributed by atoms with Gasteiger partial charge in [-0.2, -0.15) is 0 Å². The zero-order valence-electron chi connectivity index (χ0n) is 10.8. The van der Waals surface area contributed by atoms with E-state index in [1.807, 2.05) is 6.07 Å². The fourth-order valence-electron chi connectivity index (χ4n) is 2.80. The molecule has 2 N–H and O–H groups in total. The average molecular weight is 312 g/mol. The molecule has 1 aliphatic carbocycles. The van der Waals surface area contributed by atoms with Crippen LogP contribution in [-0.4, -0.2) is 6.04 Å². The van der Waals surface area contributed by atoms with Crippen LogP contribution in [0, 0.1) is 11.2 Å². The van der Waals surface area contributed by atoms with Gasteiger partial charge in [-0.25, -0.2) is 4.39 Å². The van der Waals surface area contributed by atoms with Crippen molar-refractivity contribution in [2.75, 3.05) is 0 Å². The van der Waals surface area contributed by atoms with Crippen molar-refractivity contribution in [3.05, 3.63) is 45.7 Å². The number of halogens is 2. The molecule has 0 fully saturated rings. The summed E-state index contributed by atoms with van der Waals surface area (Å²) in [7, 11) is 0. The SMILES string of the molecule is CC1(C)CC(Cc2cccc(F)c2Br)=CC(N)C1. The van der Waals surface area contributed by atoms with Gasteiger partial charge in [0.2, 0.25) is 0 Å². The molecular weight excluding hydrogens is 293 g/mol. The highest BCUT2D eigenvalue weighted by Crippen LogP contribution is 2.36. The minimum absolute atomic E-state index is 0.121. The van der Waals surface area contributed by atoms with Crippen molar-refractivity contribution in [2.24, 2.45) is 11.1 Å². The quantitative estimate of drug-likeness (QED) is 0.814. The summed E-state index contributed by atoms with van der Waals surface area (Å²) < 4.78 is 14.0. The molecule has 0 heterocycles. The van der Waals surface area contributed by atoms with E-state index in [1.54, 1.807) is 6.07 Å². The molecule has 3 heteroatoms. The first-order chi connectivity index (χ1) is 8.37. The van der Waals surface area contributed by atoms with E-state index in [0.717, 1.165) is 24.8 Å². The molecule has 0 spiro atoms. The van der Waals surface area contributed by atoms with Crippen LogP contribution in [0.2, 0.25) is 0 Å². The standard InChI is InChI=1S/C15H19BrFN/c1-15(2)8-10(7-12(18)9-15)6-11-4-3-5-13(17)14(11)16/h3-5,7,12H,6,8-9,18H2,1-2H3. The Kier molecular flexibility index (Phi) is 3.93.